The minimum absolute atomic E-state index is 0. The highest BCUT2D eigenvalue weighted by atomic mass is 35.5. The Hall–Kier alpha value is -4.24. The average Bonchev–Trinajstić information content (AvgIpc) is 4.08. The molecule has 0 bridgehead atoms. The number of rotatable bonds is 8. The summed E-state index contributed by atoms with van der Waals surface area (Å²) < 4.78 is 14.7. The van der Waals surface area contributed by atoms with E-state index in [4.69, 9.17) is 15.2 Å². The van der Waals surface area contributed by atoms with Gasteiger partial charge in [-0.3, -0.25) is 14.6 Å². The predicted molar refractivity (Wildman–Crippen MR) is 275 cm³/mol. The van der Waals surface area contributed by atoms with Crippen molar-refractivity contribution in [1.29, 1.82) is 0 Å². The molecule has 2 aliphatic carbocycles. The van der Waals surface area contributed by atoms with Crippen LogP contribution in [0, 0.1) is 10.8 Å². The van der Waals surface area contributed by atoms with Crippen molar-refractivity contribution in [2.75, 3.05) is 77.4 Å². The lowest BCUT2D eigenvalue weighted by atomic mass is 9.47. The third-order valence-electron chi connectivity index (χ3n) is 17.5. The first-order valence-corrected chi connectivity index (χ1v) is 24.1. The highest BCUT2D eigenvalue weighted by Crippen LogP contribution is 2.68. The summed E-state index contributed by atoms with van der Waals surface area (Å²) in [4.78, 5) is 43.1. The molecule has 6 heterocycles. The van der Waals surface area contributed by atoms with Crippen LogP contribution in [-0.4, -0.2) is 176 Å². The number of carbonyl (C=O) groups excluding carboxylic acids is 3. The van der Waals surface area contributed by atoms with Crippen LogP contribution >= 0.6 is 11.6 Å². The van der Waals surface area contributed by atoms with Crippen molar-refractivity contribution in [2.45, 2.75) is 133 Å². The zero-order valence-corrected chi connectivity index (χ0v) is 41.5. The number of likely N-dealkylation sites (N-methyl/N-ethyl adjacent to an activating group) is 2. The van der Waals surface area contributed by atoms with E-state index in [0.717, 1.165) is 73.5 Å². The van der Waals surface area contributed by atoms with E-state index in [0.29, 0.717) is 6.42 Å². The van der Waals surface area contributed by atoms with Crippen LogP contribution in [0.3, 0.4) is 0 Å². The van der Waals surface area contributed by atoms with Crippen molar-refractivity contribution in [3.05, 3.63) is 83.0 Å². The molecule has 2 saturated carbocycles. The number of aliphatic hydroxyl groups excluding tert-OH is 3. The maximum absolute atomic E-state index is 12.7. The Labute approximate surface area is 426 Å². The fraction of sp³-hybridized carbons (Fsp3) is 0.635. The highest BCUT2D eigenvalue weighted by Gasteiger charge is 2.79. The fourth-order valence-corrected chi connectivity index (χ4v) is 15.3. The van der Waals surface area contributed by atoms with Crippen LogP contribution in [0.5, 0.6) is 0 Å². The molecule has 3 radical (unpaired) electrons. The summed E-state index contributed by atoms with van der Waals surface area (Å²) in [7, 11) is 6.43. The number of nitrogens with zero attached hydrogens (tertiary/aromatic N) is 4. The molecule has 4 fully saturated rings. The van der Waals surface area contributed by atoms with Crippen LogP contribution in [0.2, 0.25) is 0 Å². The van der Waals surface area contributed by atoms with E-state index in [1.807, 2.05) is 38.4 Å². The van der Waals surface area contributed by atoms with Gasteiger partial charge >= 0.3 is 17.5 Å². The van der Waals surface area contributed by atoms with E-state index in [1.54, 1.807) is 0 Å². The number of nitrogens with two attached hydrogens (primary N) is 1. The third-order valence-corrected chi connectivity index (χ3v) is 17.6. The molecule has 71 heavy (non-hydrogen) atoms. The van der Waals surface area contributed by atoms with Gasteiger partial charge in [0.15, 0.2) is 0 Å². The lowest BCUT2D eigenvalue weighted by Crippen LogP contribution is -2.81. The summed E-state index contributed by atoms with van der Waals surface area (Å²) in [5, 5.41) is 58.4. The van der Waals surface area contributed by atoms with Gasteiger partial charge in [-0.2, -0.15) is 0 Å². The van der Waals surface area contributed by atoms with Crippen LogP contribution in [0.1, 0.15) is 83.6 Å². The number of fused-ring (bicyclic) bond motifs is 2. The molecule has 2 aromatic carbocycles. The maximum Gasteiger partial charge on any atom is 0.406 e. The molecule has 0 unspecified atom stereocenters. The van der Waals surface area contributed by atoms with Gasteiger partial charge in [-0.05, 0) is 73.2 Å². The second kappa shape index (κ2) is 20.9. The molecule has 6 aliphatic heterocycles. The van der Waals surface area contributed by atoms with E-state index in [-0.39, 0.29) is 73.1 Å². The first kappa shape index (κ1) is 57.7. The molecule has 8 aliphatic rings. The molecule has 17 nitrogen and oxygen atoms in total. The summed E-state index contributed by atoms with van der Waals surface area (Å²) >= 11 is 4.60. The van der Waals surface area contributed by atoms with Crippen LogP contribution in [0.25, 0.3) is 0 Å². The van der Waals surface area contributed by atoms with Gasteiger partial charge in [0, 0.05) is 106 Å². The summed E-state index contributed by atoms with van der Waals surface area (Å²) in [6.07, 6.45) is 9.18. The SMILES string of the molecule is C.C.CC[C@]12C=CCN3CC[C@@]4(c5ccc(CO)cc5N(C)[C@H]4[C@@](O)(CN)[C@@H]1O)[C@@H]32.CC[C@]12C=CCN3CC[C@@]4(c5ccc(CO)cc5N(C)[C@H]4[C@@](O)(CNC(=O)OC)[C@@H]1OC(C)=O)[C@@H]32.COC(=O)Cl.[B]. The Morgan fingerprint density at radius 3 is 1.63 bits per heavy atom. The topological polar surface area (TPSA) is 231 Å². The Morgan fingerprint density at radius 2 is 1.23 bits per heavy atom. The number of amides is 1. The van der Waals surface area contributed by atoms with Gasteiger partial charge in [-0.25, -0.2) is 9.59 Å². The number of nitrogens with one attached hydrogen (secondary N) is 1. The number of aliphatic hydroxyl groups is 5. The molecule has 0 aromatic heterocycles. The molecule has 8 N–H and O–H groups in total. The van der Waals surface area contributed by atoms with E-state index < -0.39 is 63.2 Å². The highest BCUT2D eigenvalue weighted by molar-refractivity contribution is 6.61. The van der Waals surface area contributed by atoms with E-state index in [9.17, 15) is 39.9 Å². The lowest BCUT2D eigenvalue weighted by molar-refractivity contribution is -0.217. The molecule has 1 amide bonds. The summed E-state index contributed by atoms with van der Waals surface area (Å²) in [6, 6.07) is 11.5. The summed E-state index contributed by atoms with van der Waals surface area (Å²) in [5.74, 6) is -0.476. The zero-order valence-electron chi connectivity index (χ0n) is 40.7. The number of carbonyl (C=O) groups is 3. The quantitative estimate of drug-likeness (QED) is 0.0660. The fourth-order valence-electron chi connectivity index (χ4n) is 15.3. The zero-order chi connectivity index (χ0) is 49.4. The van der Waals surface area contributed by atoms with Crippen LogP contribution in [-0.2, 0) is 43.0 Å². The number of methoxy groups -OCH3 is 2. The molecule has 19 heteroatoms. The van der Waals surface area contributed by atoms with Crippen molar-refractivity contribution in [3.8, 4) is 0 Å². The van der Waals surface area contributed by atoms with E-state index in [1.165, 1.54) is 26.7 Å². The predicted octanol–water partition coefficient (Wildman–Crippen LogP) is 3.53. The Kier molecular flexibility index (Phi) is 17.0. The average molecular weight is 1010 g/mol. The molecule has 391 valence electrons. The standard InChI is InChI=1S/C26H35N3O6.C22H31N3O3.C2H3ClO2.2CH4.B/c1-5-24-9-6-11-29-12-10-25(20(24)29)18-8-7-17(14-30)13-19(18)28(3)21(25)26(33,15-27-23(32)34-4)22(24)35-16(2)31;1-3-20-7-4-9-25-10-8-21(17(20)25)15-6-5-14(12-26)11-16(15)24(2)18(21)22(28,13-23)19(20)27;1-5-2(3)4;;;/h6-9,13,20-22,30,33H,5,10-12,14-15H2,1-4H3,(H,27,32);4-7,11,17-19,26-28H,3,8-10,12-13,23H2,1-2H3;1H3;2*1H4;/t20-,21+,22+,24+,25+,26-;17-,18+,19+,20+,21+,22-;;;;/m00..../s1. The molecule has 12 atom stereocenters. The van der Waals surface area contributed by atoms with Crippen molar-refractivity contribution in [1.82, 2.24) is 15.1 Å². The smallest absolute Gasteiger partial charge is 0.406 e. The van der Waals surface area contributed by atoms with Gasteiger partial charge in [0.25, 0.3) is 0 Å². The Balaban J connectivity index is 0.000000236. The number of hydrogen-bond donors (Lipinski definition) is 7. The van der Waals surface area contributed by atoms with Gasteiger partial charge in [-0.1, -0.05) is 77.3 Å². The van der Waals surface area contributed by atoms with E-state index in [2.05, 4.69) is 91.5 Å². The molecule has 2 spiro atoms. The number of alkyl carbamates (subject to hydrolysis) is 1. The minimum Gasteiger partial charge on any atom is -0.458 e. The van der Waals surface area contributed by atoms with Crippen molar-refractivity contribution in [2.24, 2.45) is 16.6 Å². The number of hydrogen-bond acceptors (Lipinski definition) is 16. The third kappa shape index (κ3) is 8.01. The summed E-state index contributed by atoms with van der Waals surface area (Å²) in [5.41, 5.74) is 6.38. The molecule has 10 rings (SSSR count). The van der Waals surface area contributed by atoms with Crippen LogP contribution in [0.4, 0.5) is 21.0 Å². The lowest BCUT2D eigenvalue weighted by Gasteiger charge is -2.64. The monoisotopic (exact) mass is 1010 g/mol. The van der Waals surface area contributed by atoms with Gasteiger partial charge in [0.2, 0.25) is 0 Å². The van der Waals surface area contributed by atoms with Crippen molar-refractivity contribution < 1.29 is 54.1 Å². The van der Waals surface area contributed by atoms with Crippen LogP contribution in [0.15, 0.2) is 60.7 Å². The second-order valence-electron chi connectivity index (χ2n) is 20.0. The molecular formula is C52H77BClN6O11. The number of anilines is 2. The molecule has 2 saturated heterocycles. The number of ether oxygens (including phenoxy) is 3. The Morgan fingerprint density at radius 1 is 0.775 bits per heavy atom. The Bertz CT molecular complexity index is 2370. The number of halogens is 1. The molecular weight excluding hydrogens is 931 g/mol. The van der Waals surface area contributed by atoms with Gasteiger partial charge in [0.05, 0.1) is 52.2 Å². The maximum atomic E-state index is 12.7. The largest absolute Gasteiger partial charge is 0.458 e. The number of esters is 1. The number of benzene rings is 2. The van der Waals surface area contributed by atoms with Crippen molar-refractivity contribution >= 4 is 48.9 Å². The first-order valence-electron chi connectivity index (χ1n) is 23.7. The van der Waals surface area contributed by atoms with Gasteiger partial charge in [-0.15, -0.1) is 0 Å². The second-order valence-corrected chi connectivity index (χ2v) is 20.3. The molecule has 2 aromatic rings. The van der Waals surface area contributed by atoms with Crippen molar-refractivity contribution in [3.63, 3.8) is 0 Å². The van der Waals surface area contributed by atoms with E-state index >= 15 is 0 Å². The van der Waals surface area contributed by atoms with Gasteiger partial charge in [0.1, 0.15) is 17.3 Å². The van der Waals surface area contributed by atoms with Gasteiger partial charge < -0.3 is 60.6 Å². The van der Waals surface area contributed by atoms with Crippen LogP contribution < -0.4 is 20.9 Å². The summed E-state index contributed by atoms with van der Waals surface area (Å²) in [6.45, 7) is 8.76. The normalized spacial score (nSPS) is 35.9. The first-order chi connectivity index (χ1) is 32.4. The minimum atomic E-state index is -1.63.